The summed E-state index contributed by atoms with van der Waals surface area (Å²) >= 11 is 15.5. The van der Waals surface area contributed by atoms with Crippen molar-refractivity contribution in [3.05, 3.63) is 67.1 Å². The summed E-state index contributed by atoms with van der Waals surface area (Å²) in [6, 6.07) is 9.20. The Balaban J connectivity index is 2.49. The van der Waals surface area contributed by atoms with E-state index in [0.717, 1.165) is 26.7 Å². The molecule has 1 unspecified atom stereocenters. The van der Waals surface area contributed by atoms with E-state index in [9.17, 15) is 5.11 Å². The molecule has 4 heteroatoms. The van der Waals surface area contributed by atoms with Crippen molar-refractivity contribution in [3.8, 4) is 0 Å². The van der Waals surface area contributed by atoms with Crippen molar-refractivity contribution in [1.82, 2.24) is 0 Å². The molecule has 0 aliphatic carbocycles. The summed E-state index contributed by atoms with van der Waals surface area (Å²) in [5.41, 5.74) is 3.50. The molecule has 2 aromatic rings. The highest BCUT2D eigenvalue weighted by molar-refractivity contribution is 9.10. The number of hydrogen-bond acceptors (Lipinski definition) is 1. The lowest BCUT2D eigenvalue weighted by Crippen LogP contribution is -2.03. The molecule has 0 fully saturated rings. The number of aryl methyl sites for hydroxylation is 2. The molecule has 0 saturated heterocycles. The first-order chi connectivity index (χ1) is 8.88. The van der Waals surface area contributed by atoms with Crippen LogP contribution in [0.2, 0.25) is 10.0 Å². The molecule has 0 spiro atoms. The summed E-state index contributed by atoms with van der Waals surface area (Å²) in [6.07, 6.45) is -0.717. The Morgan fingerprint density at radius 3 is 2.32 bits per heavy atom. The Labute approximate surface area is 131 Å². The van der Waals surface area contributed by atoms with Gasteiger partial charge in [0.05, 0.1) is 0 Å². The second-order valence-corrected chi connectivity index (χ2v) is 6.32. The van der Waals surface area contributed by atoms with Gasteiger partial charge in [-0.3, -0.25) is 0 Å². The van der Waals surface area contributed by atoms with Crippen molar-refractivity contribution in [2.75, 3.05) is 0 Å². The van der Waals surface area contributed by atoms with E-state index in [4.69, 9.17) is 23.2 Å². The molecule has 1 N–H and O–H groups in total. The molecule has 100 valence electrons. The third kappa shape index (κ3) is 3.32. The van der Waals surface area contributed by atoms with Crippen LogP contribution < -0.4 is 0 Å². The minimum atomic E-state index is -0.717. The Morgan fingerprint density at radius 2 is 1.68 bits per heavy atom. The zero-order valence-electron chi connectivity index (χ0n) is 10.5. The normalized spacial score (nSPS) is 12.5. The van der Waals surface area contributed by atoms with Gasteiger partial charge in [0.1, 0.15) is 6.10 Å². The molecule has 2 rings (SSSR count). The average molecular weight is 360 g/mol. The standard InChI is InChI=1S/C15H13BrCl2O/c1-8-4-14(18)9(2)3-13(8)15(19)10-5-11(16)7-12(17)6-10/h3-7,15,19H,1-2H3. The third-order valence-corrected chi connectivity index (χ3v) is 4.13. The smallest absolute Gasteiger partial charge is 0.104 e. The first-order valence-corrected chi connectivity index (χ1v) is 7.34. The zero-order chi connectivity index (χ0) is 14.2. The predicted octanol–water partition coefficient (Wildman–Crippen LogP) is 5.45. The second-order valence-electron chi connectivity index (χ2n) is 4.56. The minimum absolute atomic E-state index is 0.590. The van der Waals surface area contributed by atoms with Crippen LogP contribution in [0.3, 0.4) is 0 Å². The molecule has 0 radical (unpaired) electrons. The molecule has 0 heterocycles. The molecule has 0 bridgehead atoms. The van der Waals surface area contributed by atoms with Gasteiger partial charge in [-0.1, -0.05) is 45.2 Å². The lowest BCUT2D eigenvalue weighted by molar-refractivity contribution is 0.219. The number of halogens is 3. The number of aliphatic hydroxyl groups excluding tert-OH is 1. The quantitative estimate of drug-likeness (QED) is 0.755. The second kappa shape index (κ2) is 5.84. The SMILES string of the molecule is Cc1cc(C(O)c2cc(Cl)cc(Br)c2)c(C)cc1Cl. The minimum Gasteiger partial charge on any atom is -0.384 e. The Hall–Kier alpha value is -0.540. The van der Waals surface area contributed by atoms with Crippen LogP contribution in [0.4, 0.5) is 0 Å². The number of benzene rings is 2. The molecule has 0 aromatic heterocycles. The summed E-state index contributed by atoms with van der Waals surface area (Å²) < 4.78 is 0.845. The van der Waals surface area contributed by atoms with E-state index in [1.165, 1.54) is 0 Å². The van der Waals surface area contributed by atoms with Gasteiger partial charge in [-0.05, 0) is 60.4 Å². The highest BCUT2D eigenvalue weighted by Gasteiger charge is 2.15. The summed E-state index contributed by atoms with van der Waals surface area (Å²) in [4.78, 5) is 0. The van der Waals surface area contributed by atoms with Crippen LogP contribution in [0.1, 0.15) is 28.4 Å². The number of aliphatic hydroxyl groups is 1. The fourth-order valence-electron chi connectivity index (χ4n) is 2.01. The van der Waals surface area contributed by atoms with Crippen LogP contribution in [0.5, 0.6) is 0 Å². The van der Waals surface area contributed by atoms with Gasteiger partial charge >= 0.3 is 0 Å². The van der Waals surface area contributed by atoms with Crippen molar-refractivity contribution in [2.45, 2.75) is 20.0 Å². The summed E-state index contributed by atoms with van der Waals surface area (Å²) in [6.45, 7) is 3.86. The van der Waals surface area contributed by atoms with Gasteiger partial charge in [-0.2, -0.15) is 0 Å². The van der Waals surface area contributed by atoms with E-state index in [1.54, 1.807) is 12.1 Å². The molecule has 2 aromatic carbocycles. The van der Waals surface area contributed by atoms with Crippen LogP contribution in [-0.4, -0.2) is 5.11 Å². The first kappa shape index (κ1) is 14.9. The predicted molar refractivity (Wildman–Crippen MR) is 84.1 cm³/mol. The molecule has 1 atom stereocenters. The fraction of sp³-hybridized carbons (Fsp3) is 0.200. The van der Waals surface area contributed by atoms with Crippen LogP contribution >= 0.6 is 39.1 Å². The Kier molecular flexibility index (Phi) is 4.57. The monoisotopic (exact) mass is 358 g/mol. The lowest BCUT2D eigenvalue weighted by atomic mass is 9.96. The lowest BCUT2D eigenvalue weighted by Gasteiger charge is -2.16. The van der Waals surface area contributed by atoms with Crippen molar-refractivity contribution >= 4 is 39.1 Å². The maximum absolute atomic E-state index is 10.5. The van der Waals surface area contributed by atoms with Crippen LogP contribution in [0.25, 0.3) is 0 Å². The van der Waals surface area contributed by atoms with E-state index in [-0.39, 0.29) is 0 Å². The van der Waals surface area contributed by atoms with Gasteiger partial charge in [0.25, 0.3) is 0 Å². The maximum atomic E-state index is 10.5. The first-order valence-electron chi connectivity index (χ1n) is 5.79. The molecule has 19 heavy (non-hydrogen) atoms. The maximum Gasteiger partial charge on any atom is 0.104 e. The van der Waals surface area contributed by atoms with E-state index in [0.29, 0.717) is 10.0 Å². The van der Waals surface area contributed by atoms with Gasteiger partial charge in [0.2, 0.25) is 0 Å². The van der Waals surface area contributed by atoms with Crippen LogP contribution in [0, 0.1) is 13.8 Å². The summed E-state index contributed by atoms with van der Waals surface area (Å²) in [5.74, 6) is 0. The van der Waals surface area contributed by atoms with Crippen molar-refractivity contribution in [2.24, 2.45) is 0 Å². The molecular formula is C15H13BrCl2O. The van der Waals surface area contributed by atoms with E-state index >= 15 is 0 Å². The van der Waals surface area contributed by atoms with Gasteiger partial charge in [0, 0.05) is 14.5 Å². The van der Waals surface area contributed by atoms with Crippen molar-refractivity contribution < 1.29 is 5.11 Å². The number of hydrogen-bond donors (Lipinski definition) is 1. The molecule has 1 nitrogen and oxygen atoms in total. The molecule has 0 amide bonds. The fourth-order valence-corrected chi connectivity index (χ4v) is 3.11. The highest BCUT2D eigenvalue weighted by atomic mass is 79.9. The summed E-state index contributed by atoms with van der Waals surface area (Å²) in [7, 11) is 0. The Morgan fingerprint density at radius 1 is 1.00 bits per heavy atom. The molecule has 0 aliphatic heterocycles. The highest BCUT2D eigenvalue weighted by Crippen LogP contribution is 2.31. The van der Waals surface area contributed by atoms with Gasteiger partial charge in [-0.25, -0.2) is 0 Å². The van der Waals surface area contributed by atoms with Gasteiger partial charge in [-0.15, -0.1) is 0 Å². The largest absolute Gasteiger partial charge is 0.384 e. The Bertz CT molecular complexity index is 606. The van der Waals surface area contributed by atoms with Gasteiger partial charge in [0.15, 0.2) is 0 Å². The van der Waals surface area contributed by atoms with Crippen molar-refractivity contribution in [1.29, 1.82) is 0 Å². The molecule has 0 aliphatic rings. The average Bonchev–Trinajstić information content (AvgIpc) is 2.31. The van der Waals surface area contributed by atoms with Crippen LogP contribution in [0.15, 0.2) is 34.8 Å². The third-order valence-electron chi connectivity index (χ3n) is 3.04. The van der Waals surface area contributed by atoms with Gasteiger partial charge < -0.3 is 5.11 Å². The van der Waals surface area contributed by atoms with Crippen molar-refractivity contribution in [3.63, 3.8) is 0 Å². The van der Waals surface area contributed by atoms with Crippen LogP contribution in [-0.2, 0) is 0 Å². The molecular weight excluding hydrogens is 347 g/mol. The molecule has 0 saturated carbocycles. The topological polar surface area (TPSA) is 20.2 Å². The number of rotatable bonds is 2. The van der Waals surface area contributed by atoms with E-state index < -0.39 is 6.10 Å². The van der Waals surface area contributed by atoms with E-state index in [1.807, 2.05) is 32.0 Å². The van der Waals surface area contributed by atoms with E-state index in [2.05, 4.69) is 15.9 Å². The summed E-state index contributed by atoms with van der Waals surface area (Å²) in [5, 5.41) is 11.8. The zero-order valence-corrected chi connectivity index (χ0v) is 13.6.